The van der Waals surface area contributed by atoms with Gasteiger partial charge in [-0.2, -0.15) is 0 Å². The number of halogens is 2. The summed E-state index contributed by atoms with van der Waals surface area (Å²) in [5.74, 6) is -1.64. The average molecular weight is 689 g/mol. The second-order valence-corrected chi connectivity index (χ2v) is 13.4. The molecule has 0 bridgehead atoms. The van der Waals surface area contributed by atoms with Crippen LogP contribution < -0.4 is 20.8 Å². The summed E-state index contributed by atoms with van der Waals surface area (Å²) in [5, 5.41) is 20.8. The van der Waals surface area contributed by atoms with Crippen LogP contribution in [0.1, 0.15) is 58.3 Å². The molecule has 45 heavy (non-hydrogen) atoms. The molecule has 2 saturated heterocycles. The fraction of sp³-hybridized carbons (Fsp3) is 0.581. The zero-order valence-electron chi connectivity index (χ0n) is 25.7. The molecule has 1 atom stereocenters. The summed E-state index contributed by atoms with van der Waals surface area (Å²) in [5.41, 5.74) is 0. The first-order valence-electron chi connectivity index (χ1n) is 15.4. The number of carboxylic acids is 1. The van der Waals surface area contributed by atoms with Crippen molar-refractivity contribution in [1.29, 1.82) is 0 Å². The Kier molecular flexibility index (Phi) is 16.0. The number of carbonyl (C=O) groups is 3. The summed E-state index contributed by atoms with van der Waals surface area (Å²) in [7, 11) is -4.34. The molecule has 252 valence electrons. The van der Waals surface area contributed by atoms with Gasteiger partial charge in [0.05, 0.1) is 11.4 Å². The van der Waals surface area contributed by atoms with Crippen molar-refractivity contribution in [2.24, 2.45) is 17.8 Å². The van der Waals surface area contributed by atoms with Crippen LogP contribution in [0.3, 0.4) is 0 Å². The molecule has 11 nitrogen and oxygen atoms in total. The number of hydrogen-bond acceptors (Lipinski definition) is 7. The minimum absolute atomic E-state index is 0. The quantitative estimate of drug-likeness (QED) is 0.189. The first-order valence-corrected chi connectivity index (χ1v) is 16.9. The molecule has 2 aliphatic heterocycles. The van der Waals surface area contributed by atoms with Gasteiger partial charge in [0.15, 0.2) is 0 Å². The molecule has 2 aromatic carbocycles. The minimum atomic E-state index is -4.34. The zero-order valence-corrected chi connectivity index (χ0v) is 28.2. The lowest BCUT2D eigenvalue weighted by molar-refractivity contribution is -0.150. The van der Waals surface area contributed by atoms with Gasteiger partial charge in [0.2, 0.25) is 5.91 Å². The molecular weight excluding hydrogens is 641 g/mol. The van der Waals surface area contributed by atoms with Crippen LogP contribution in [0.2, 0.25) is 0 Å². The molecule has 2 fully saturated rings. The van der Waals surface area contributed by atoms with Crippen LogP contribution in [0.5, 0.6) is 0 Å². The van der Waals surface area contributed by atoms with Gasteiger partial charge in [-0.25, -0.2) is 18.2 Å². The second kappa shape index (κ2) is 18.6. The molecule has 2 aromatic rings. The first kappa shape index (κ1) is 38.7. The maximum atomic E-state index is 13.4. The van der Waals surface area contributed by atoms with Gasteiger partial charge < -0.3 is 21.1 Å². The van der Waals surface area contributed by atoms with Crippen LogP contribution in [0.15, 0.2) is 47.4 Å². The first-order chi connectivity index (χ1) is 20.7. The van der Waals surface area contributed by atoms with E-state index in [0.29, 0.717) is 27.6 Å². The third kappa shape index (κ3) is 11.1. The molecule has 0 aliphatic carbocycles. The van der Waals surface area contributed by atoms with E-state index in [-0.39, 0.29) is 41.5 Å². The van der Waals surface area contributed by atoms with Crippen LogP contribution in [0.4, 0.5) is 0 Å². The van der Waals surface area contributed by atoms with Crippen LogP contribution in [-0.4, -0.2) is 75.1 Å². The average Bonchev–Trinajstić information content (AvgIpc) is 3.02. The summed E-state index contributed by atoms with van der Waals surface area (Å²) in [6, 6.07) is 10.1. The Hall–Kier alpha value is -2.48. The summed E-state index contributed by atoms with van der Waals surface area (Å²) in [4.78, 5) is 40.7. The number of carboxylic acid groups (broad SMARTS) is 1. The fourth-order valence-corrected chi connectivity index (χ4v) is 7.43. The minimum Gasteiger partial charge on any atom is -0.480 e. The molecule has 2 amide bonds. The third-order valence-electron chi connectivity index (χ3n) is 8.82. The van der Waals surface area contributed by atoms with Crippen LogP contribution in [0.25, 0.3) is 10.8 Å². The Morgan fingerprint density at radius 2 is 1.42 bits per heavy atom. The highest BCUT2D eigenvalue weighted by Gasteiger charge is 2.32. The van der Waals surface area contributed by atoms with Gasteiger partial charge in [-0.05, 0) is 108 Å². The maximum absolute atomic E-state index is 13.4. The number of nitrogens with zero attached hydrogens (tertiary/aromatic N) is 1. The van der Waals surface area contributed by atoms with Crippen molar-refractivity contribution in [3.8, 4) is 0 Å². The molecule has 0 aromatic heterocycles. The Labute approximate surface area is 278 Å². The van der Waals surface area contributed by atoms with Gasteiger partial charge in [-0.3, -0.25) is 9.59 Å². The van der Waals surface area contributed by atoms with E-state index in [1.807, 2.05) is 0 Å². The molecular formula is C31H47Cl2N5O6S. The third-order valence-corrected chi connectivity index (χ3v) is 10.2. The van der Waals surface area contributed by atoms with Crippen LogP contribution in [-0.2, 0) is 24.4 Å². The standard InChI is InChI=1S/C31H45N5O6S.2ClH/c1-22(31(39)40)36(35-43(41,42)28-8-4-6-25-5-2-3-7-27(25)28)29(37)21-34-30(38)26(11-9-23-13-17-32-18-14-23)12-10-24-15-19-33-20-16-24;;/h2-8,22-24,26,32-33,35H,9-21H2,1H3,(H,34,38)(H,39,40);2*1H/t22-;;/m1../s1. The lowest BCUT2D eigenvalue weighted by Crippen LogP contribution is -2.56. The number of carbonyl (C=O) groups excluding carboxylic acids is 2. The van der Waals surface area contributed by atoms with Gasteiger partial charge >= 0.3 is 5.97 Å². The van der Waals surface area contributed by atoms with E-state index >= 15 is 0 Å². The number of benzene rings is 2. The van der Waals surface area contributed by atoms with Crippen LogP contribution >= 0.6 is 24.8 Å². The van der Waals surface area contributed by atoms with Gasteiger partial charge in [0, 0.05) is 11.3 Å². The molecule has 5 N–H and O–H groups in total. The van der Waals surface area contributed by atoms with E-state index in [4.69, 9.17) is 0 Å². The second-order valence-electron chi connectivity index (χ2n) is 11.8. The number of aliphatic carboxylic acids is 1. The van der Waals surface area contributed by atoms with Crippen molar-refractivity contribution in [2.75, 3.05) is 32.7 Å². The lowest BCUT2D eigenvalue weighted by atomic mass is 9.84. The molecule has 0 unspecified atom stereocenters. The Morgan fingerprint density at radius 3 is 1.98 bits per heavy atom. The number of hydrazine groups is 1. The zero-order chi connectivity index (χ0) is 30.8. The number of nitrogens with one attached hydrogen (secondary N) is 4. The summed E-state index contributed by atoms with van der Waals surface area (Å²) in [6.45, 7) is 4.63. The number of fused-ring (bicyclic) bond motifs is 1. The smallest absolute Gasteiger partial charge is 0.327 e. The van der Waals surface area contributed by atoms with Crippen LogP contribution in [0, 0.1) is 17.8 Å². The van der Waals surface area contributed by atoms with E-state index in [9.17, 15) is 27.9 Å². The number of sulfonamides is 1. The highest BCUT2D eigenvalue weighted by atomic mass is 35.5. The van der Waals surface area contributed by atoms with Crippen molar-refractivity contribution in [3.05, 3.63) is 42.5 Å². The highest BCUT2D eigenvalue weighted by molar-refractivity contribution is 7.89. The molecule has 0 saturated carbocycles. The van der Waals surface area contributed by atoms with E-state index < -0.39 is 34.5 Å². The monoisotopic (exact) mass is 687 g/mol. The number of rotatable bonds is 14. The van der Waals surface area contributed by atoms with E-state index in [0.717, 1.165) is 77.5 Å². The summed E-state index contributed by atoms with van der Waals surface area (Å²) < 4.78 is 26.8. The molecule has 0 radical (unpaired) electrons. The van der Waals surface area contributed by atoms with E-state index in [2.05, 4.69) is 20.8 Å². The van der Waals surface area contributed by atoms with Gasteiger partial charge in [0.25, 0.3) is 15.9 Å². The number of hydrogen-bond donors (Lipinski definition) is 5. The van der Waals surface area contributed by atoms with Gasteiger partial charge in [-0.15, -0.1) is 29.6 Å². The number of piperidine rings is 2. The lowest BCUT2D eigenvalue weighted by Gasteiger charge is -2.28. The predicted octanol–water partition coefficient (Wildman–Crippen LogP) is 3.47. The van der Waals surface area contributed by atoms with Crippen molar-refractivity contribution >= 4 is 63.4 Å². The van der Waals surface area contributed by atoms with Crippen molar-refractivity contribution in [2.45, 2.75) is 69.2 Å². The Morgan fingerprint density at radius 1 is 0.889 bits per heavy atom. The topological polar surface area (TPSA) is 157 Å². The van der Waals surface area contributed by atoms with Crippen molar-refractivity contribution < 1.29 is 27.9 Å². The van der Waals surface area contributed by atoms with E-state index in [1.54, 1.807) is 36.4 Å². The Balaban J connectivity index is 0.00000353. The van der Waals surface area contributed by atoms with Gasteiger partial charge in [-0.1, -0.05) is 36.4 Å². The molecule has 2 heterocycles. The summed E-state index contributed by atoms with van der Waals surface area (Å²) in [6.07, 6.45) is 7.65. The van der Waals surface area contributed by atoms with Gasteiger partial charge in [0.1, 0.15) is 6.04 Å². The highest BCUT2D eigenvalue weighted by Crippen LogP contribution is 2.27. The normalized spacial score (nSPS) is 16.8. The van der Waals surface area contributed by atoms with E-state index in [1.165, 1.54) is 13.0 Å². The fourth-order valence-electron chi connectivity index (χ4n) is 6.08. The molecule has 14 heteroatoms. The molecule has 0 spiro atoms. The molecule has 4 rings (SSSR count). The maximum Gasteiger partial charge on any atom is 0.327 e. The largest absolute Gasteiger partial charge is 0.480 e. The SMILES string of the molecule is C[C@H](C(=O)O)N(NS(=O)(=O)c1cccc2ccccc12)C(=O)CNC(=O)C(CCC1CCNCC1)CCC1CCNCC1.Cl.Cl. The van der Waals surface area contributed by atoms with Crippen molar-refractivity contribution in [1.82, 2.24) is 25.8 Å². The summed E-state index contributed by atoms with van der Waals surface area (Å²) >= 11 is 0. The number of amides is 2. The Bertz CT molecular complexity index is 1340. The van der Waals surface area contributed by atoms with Crippen molar-refractivity contribution in [3.63, 3.8) is 0 Å². The predicted molar refractivity (Wildman–Crippen MR) is 179 cm³/mol. The molecule has 2 aliphatic rings.